The minimum atomic E-state index is 0.363. The summed E-state index contributed by atoms with van der Waals surface area (Å²) >= 11 is 0. The summed E-state index contributed by atoms with van der Waals surface area (Å²) < 4.78 is 0. The molecule has 1 aromatic heterocycles. The number of hydrogen-bond donors (Lipinski definition) is 2. The molecule has 15 heavy (non-hydrogen) atoms. The zero-order valence-corrected chi connectivity index (χ0v) is 9.03. The summed E-state index contributed by atoms with van der Waals surface area (Å²) in [7, 11) is 0. The molecule has 0 saturated heterocycles. The number of para-hydroxylation sites is 2. The summed E-state index contributed by atoms with van der Waals surface area (Å²) in [5, 5.41) is 0. The fraction of sp³-hybridized carbons (Fsp3) is 0.417. The van der Waals surface area contributed by atoms with Crippen molar-refractivity contribution in [2.24, 2.45) is 5.73 Å². The Morgan fingerprint density at radius 2 is 2.20 bits per heavy atom. The van der Waals surface area contributed by atoms with Crippen LogP contribution >= 0.6 is 0 Å². The summed E-state index contributed by atoms with van der Waals surface area (Å²) in [6.45, 7) is 2.83. The smallest absolute Gasteiger partial charge is 0.111 e. The number of benzene rings is 1. The number of nitrogens with two attached hydrogens (primary N) is 1. The number of rotatable bonds is 4. The van der Waals surface area contributed by atoms with Crippen molar-refractivity contribution < 1.29 is 0 Å². The third-order valence-electron chi connectivity index (χ3n) is 2.72. The summed E-state index contributed by atoms with van der Waals surface area (Å²) in [5.74, 6) is 1.39. The van der Waals surface area contributed by atoms with Crippen molar-refractivity contribution in [1.82, 2.24) is 9.97 Å². The highest BCUT2D eigenvalue weighted by Gasteiger charge is 2.12. The highest BCUT2D eigenvalue weighted by Crippen LogP contribution is 2.20. The van der Waals surface area contributed by atoms with Gasteiger partial charge in [0.2, 0.25) is 0 Å². The van der Waals surface area contributed by atoms with Crippen LogP contribution in [0.4, 0.5) is 0 Å². The van der Waals surface area contributed by atoms with Gasteiger partial charge >= 0.3 is 0 Å². The van der Waals surface area contributed by atoms with Crippen LogP contribution in [-0.2, 0) is 0 Å². The van der Waals surface area contributed by atoms with E-state index in [1.54, 1.807) is 0 Å². The average molecular weight is 203 g/mol. The van der Waals surface area contributed by atoms with Crippen molar-refractivity contribution in [3.8, 4) is 0 Å². The van der Waals surface area contributed by atoms with Crippen LogP contribution in [0.15, 0.2) is 24.3 Å². The van der Waals surface area contributed by atoms with Crippen LogP contribution in [-0.4, -0.2) is 16.5 Å². The minimum Gasteiger partial charge on any atom is -0.342 e. The molecule has 0 aliphatic rings. The summed E-state index contributed by atoms with van der Waals surface area (Å²) in [5.41, 5.74) is 7.88. The van der Waals surface area contributed by atoms with Crippen LogP contribution in [0.3, 0.4) is 0 Å². The predicted molar refractivity (Wildman–Crippen MR) is 62.8 cm³/mol. The predicted octanol–water partition coefficient (Wildman–Crippen LogP) is 2.41. The second kappa shape index (κ2) is 4.45. The van der Waals surface area contributed by atoms with Crippen molar-refractivity contribution in [2.75, 3.05) is 6.54 Å². The van der Waals surface area contributed by atoms with E-state index >= 15 is 0 Å². The lowest BCUT2D eigenvalue weighted by Gasteiger charge is -2.09. The molecule has 3 nitrogen and oxygen atoms in total. The zero-order valence-electron chi connectivity index (χ0n) is 9.03. The second-order valence-corrected chi connectivity index (χ2v) is 3.86. The first-order valence-corrected chi connectivity index (χ1v) is 5.50. The normalized spacial score (nSPS) is 13.2. The molecule has 0 amide bonds. The molecule has 0 radical (unpaired) electrons. The van der Waals surface area contributed by atoms with Gasteiger partial charge in [-0.05, 0) is 18.6 Å². The molecule has 0 spiro atoms. The Labute approximate surface area is 89.7 Å². The molecule has 80 valence electrons. The molecule has 1 aromatic carbocycles. The van der Waals surface area contributed by atoms with Crippen LogP contribution in [0.5, 0.6) is 0 Å². The van der Waals surface area contributed by atoms with Gasteiger partial charge in [-0.2, -0.15) is 0 Å². The molecular formula is C12H17N3. The van der Waals surface area contributed by atoms with Gasteiger partial charge in [-0.1, -0.05) is 25.5 Å². The molecule has 0 fully saturated rings. The van der Waals surface area contributed by atoms with Gasteiger partial charge in [0.25, 0.3) is 0 Å². The Balaban J connectivity index is 2.34. The first-order chi connectivity index (χ1) is 7.35. The molecular weight excluding hydrogens is 186 g/mol. The van der Waals surface area contributed by atoms with Gasteiger partial charge in [0.05, 0.1) is 11.0 Å². The molecule has 0 aliphatic heterocycles. The SMILES string of the molecule is CCCC(CN)c1nc2ccccc2[nH]1. The largest absolute Gasteiger partial charge is 0.342 e. The van der Waals surface area contributed by atoms with Crippen molar-refractivity contribution in [1.29, 1.82) is 0 Å². The van der Waals surface area contributed by atoms with E-state index < -0.39 is 0 Å². The van der Waals surface area contributed by atoms with E-state index in [2.05, 4.69) is 16.9 Å². The molecule has 2 rings (SSSR count). The zero-order chi connectivity index (χ0) is 10.7. The van der Waals surface area contributed by atoms with Crippen LogP contribution in [0.25, 0.3) is 11.0 Å². The molecule has 1 atom stereocenters. The molecule has 1 heterocycles. The van der Waals surface area contributed by atoms with Crippen LogP contribution in [0.2, 0.25) is 0 Å². The molecule has 1 unspecified atom stereocenters. The number of aromatic nitrogens is 2. The molecule has 2 aromatic rings. The summed E-state index contributed by atoms with van der Waals surface area (Å²) in [6.07, 6.45) is 2.23. The number of hydrogen-bond acceptors (Lipinski definition) is 2. The Kier molecular flexibility index (Phi) is 3.02. The number of nitrogens with one attached hydrogen (secondary N) is 1. The van der Waals surface area contributed by atoms with Crippen LogP contribution in [0, 0.1) is 0 Å². The summed E-state index contributed by atoms with van der Waals surface area (Å²) in [4.78, 5) is 7.91. The highest BCUT2D eigenvalue weighted by molar-refractivity contribution is 5.74. The number of imidazole rings is 1. The quantitative estimate of drug-likeness (QED) is 0.801. The van der Waals surface area contributed by atoms with Gasteiger partial charge in [-0.3, -0.25) is 0 Å². The lowest BCUT2D eigenvalue weighted by Crippen LogP contribution is -2.13. The maximum Gasteiger partial charge on any atom is 0.111 e. The van der Waals surface area contributed by atoms with Crippen LogP contribution in [0.1, 0.15) is 31.5 Å². The summed E-state index contributed by atoms with van der Waals surface area (Å²) in [6, 6.07) is 8.09. The maximum absolute atomic E-state index is 5.75. The van der Waals surface area contributed by atoms with E-state index in [0.717, 1.165) is 29.7 Å². The molecule has 0 saturated carbocycles. The number of nitrogens with zero attached hydrogens (tertiary/aromatic N) is 1. The van der Waals surface area contributed by atoms with Gasteiger partial charge in [-0.25, -0.2) is 4.98 Å². The maximum atomic E-state index is 5.75. The Hall–Kier alpha value is -1.35. The van der Waals surface area contributed by atoms with Gasteiger partial charge in [0, 0.05) is 12.5 Å². The van der Waals surface area contributed by atoms with E-state index in [9.17, 15) is 0 Å². The van der Waals surface area contributed by atoms with Crippen molar-refractivity contribution in [2.45, 2.75) is 25.7 Å². The third-order valence-corrected chi connectivity index (χ3v) is 2.72. The number of fused-ring (bicyclic) bond motifs is 1. The van der Waals surface area contributed by atoms with Gasteiger partial charge in [0.1, 0.15) is 5.82 Å². The lowest BCUT2D eigenvalue weighted by atomic mass is 10.0. The minimum absolute atomic E-state index is 0.363. The van der Waals surface area contributed by atoms with E-state index in [1.165, 1.54) is 0 Å². The van der Waals surface area contributed by atoms with Gasteiger partial charge < -0.3 is 10.7 Å². The van der Waals surface area contributed by atoms with E-state index in [-0.39, 0.29) is 0 Å². The molecule has 0 aliphatic carbocycles. The monoisotopic (exact) mass is 203 g/mol. The first-order valence-electron chi connectivity index (χ1n) is 5.50. The highest BCUT2D eigenvalue weighted by atomic mass is 14.9. The number of H-pyrrole nitrogens is 1. The third kappa shape index (κ3) is 2.02. The van der Waals surface area contributed by atoms with Crippen molar-refractivity contribution in [3.63, 3.8) is 0 Å². The van der Waals surface area contributed by atoms with Gasteiger partial charge in [0.15, 0.2) is 0 Å². The topological polar surface area (TPSA) is 54.7 Å². The van der Waals surface area contributed by atoms with Crippen molar-refractivity contribution >= 4 is 11.0 Å². The average Bonchev–Trinajstić information content (AvgIpc) is 2.69. The van der Waals surface area contributed by atoms with E-state index in [1.807, 2.05) is 24.3 Å². The Morgan fingerprint density at radius 1 is 1.40 bits per heavy atom. The standard InChI is InChI=1S/C12H17N3/c1-2-5-9(8-13)12-14-10-6-3-4-7-11(10)15-12/h3-4,6-7,9H,2,5,8,13H2,1H3,(H,14,15). The molecule has 0 bridgehead atoms. The Bertz CT molecular complexity index is 400. The fourth-order valence-corrected chi connectivity index (χ4v) is 1.88. The Morgan fingerprint density at radius 3 is 2.87 bits per heavy atom. The fourth-order valence-electron chi connectivity index (χ4n) is 1.88. The second-order valence-electron chi connectivity index (χ2n) is 3.86. The number of aromatic amines is 1. The first kappa shape index (κ1) is 10.2. The van der Waals surface area contributed by atoms with E-state index in [4.69, 9.17) is 5.73 Å². The molecule has 3 heteroatoms. The molecule has 3 N–H and O–H groups in total. The van der Waals surface area contributed by atoms with Gasteiger partial charge in [-0.15, -0.1) is 0 Å². The lowest BCUT2D eigenvalue weighted by molar-refractivity contribution is 0.596. The van der Waals surface area contributed by atoms with E-state index in [0.29, 0.717) is 12.5 Å². The van der Waals surface area contributed by atoms with Crippen molar-refractivity contribution in [3.05, 3.63) is 30.1 Å². The van der Waals surface area contributed by atoms with Crippen LogP contribution < -0.4 is 5.73 Å².